The monoisotopic (exact) mass is 296 g/mol. The maximum atomic E-state index is 13.1. The van der Waals surface area contributed by atoms with Crippen LogP contribution in [0.15, 0.2) is 41.5 Å². The molecule has 0 N–H and O–H groups in total. The van der Waals surface area contributed by atoms with Gasteiger partial charge in [0.2, 0.25) is 0 Å². The number of carbonyl (C=O) groups excluding carboxylic acids is 1. The summed E-state index contributed by atoms with van der Waals surface area (Å²) >= 11 is 0. The second-order valence-electron chi connectivity index (χ2n) is 4.69. The lowest BCUT2D eigenvalue weighted by Crippen LogP contribution is -2.09. The van der Waals surface area contributed by atoms with Gasteiger partial charge in [-0.2, -0.15) is 13.2 Å². The van der Waals surface area contributed by atoms with E-state index in [4.69, 9.17) is 4.74 Å². The quantitative estimate of drug-likeness (QED) is 0.774. The minimum atomic E-state index is -4.42. The van der Waals surface area contributed by atoms with Crippen LogP contribution in [0, 0.1) is 0 Å². The van der Waals surface area contributed by atoms with Crippen molar-refractivity contribution in [1.29, 1.82) is 0 Å². The Morgan fingerprint density at radius 3 is 2.57 bits per heavy atom. The van der Waals surface area contributed by atoms with E-state index in [1.807, 2.05) is 0 Å². The fourth-order valence-corrected chi connectivity index (χ4v) is 2.42. The minimum Gasteiger partial charge on any atom is -0.462 e. The normalized spacial score (nSPS) is 15.2. The Kier molecular flexibility index (Phi) is 4.21. The molecule has 0 atom stereocenters. The van der Waals surface area contributed by atoms with Gasteiger partial charge in [0.25, 0.3) is 0 Å². The van der Waals surface area contributed by atoms with Crippen LogP contribution in [0.2, 0.25) is 0 Å². The Morgan fingerprint density at radius 2 is 1.95 bits per heavy atom. The van der Waals surface area contributed by atoms with Crippen molar-refractivity contribution >= 4 is 11.5 Å². The van der Waals surface area contributed by atoms with Gasteiger partial charge in [0.05, 0.1) is 17.7 Å². The summed E-state index contributed by atoms with van der Waals surface area (Å²) < 4.78 is 44.1. The second-order valence-corrected chi connectivity index (χ2v) is 4.69. The third-order valence-electron chi connectivity index (χ3n) is 3.42. The zero-order valence-electron chi connectivity index (χ0n) is 11.8. The smallest absolute Gasteiger partial charge is 0.416 e. The van der Waals surface area contributed by atoms with Gasteiger partial charge in [-0.05, 0) is 43.0 Å². The van der Waals surface area contributed by atoms with Crippen molar-refractivity contribution in [2.75, 3.05) is 6.61 Å². The van der Waals surface area contributed by atoms with Gasteiger partial charge >= 0.3 is 12.1 Å². The molecule has 0 amide bonds. The number of allylic oxidation sites excluding steroid dienone is 2. The van der Waals surface area contributed by atoms with Crippen molar-refractivity contribution in [3.8, 4) is 0 Å². The number of halogens is 3. The molecule has 1 aromatic rings. The van der Waals surface area contributed by atoms with Crippen LogP contribution in [-0.2, 0) is 15.7 Å². The summed E-state index contributed by atoms with van der Waals surface area (Å²) in [6.07, 6.45) is -2.50. The summed E-state index contributed by atoms with van der Waals surface area (Å²) in [5.74, 6) is -0.491. The standard InChI is InChI=1S/C16H15F3O2/c1-3-21-15(20)12-9-8-11(10(12)2)13-6-4-5-7-14(13)16(17,18)19/h4-7,9H,3,8H2,1-2H3. The molecule has 21 heavy (non-hydrogen) atoms. The highest BCUT2D eigenvalue weighted by Crippen LogP contribution is 2.40. The number of hydrogen-bond acceptors (Lipinski definition) is 2. The third-order valence-corrected chi connectivity index (χ3v) is 3.42. The molecule has 112 valence electrons. The van der Waals surface area contributed by atoms with Gasteiger partial charge in [-0.25, -0.2) is 4.79 Å². The molecule has 0 heterocycles. The molecule has 0 saturated carbocycles. The molecule has 0 saturated heterocycles. The lowest BCUT2D eigenvalue weighted by atomic mass is 9.95. The van der Waals surface area contributed by atoms with E-state index in [1.165, 1.54) is 12.1 Å². The highest BCUT2D eigenvalue weighted by Gasteiger charge is 2.35. The number of esters is 1. The van der Waals surface area contributed by atoms with E-state index in [1.54, 1.807) is 26.0 Å². The second kappa shape index (κ2) is 5.76. The Bertz CT molecular complexity index is 625. The molecule has 0 aromatic heterocycles. The first-order chi connectivity index (χ1) is 9.86. The van der Waals surface area contributed by atoms with Gasteiger partial charge in [0, 0.05) is 0 Å². The van der Waals surface area contributed by atoms with Crippen LogP contribution in [0.1, 0.15) is 31.4 Å². The largest absolute Gasteiger partial charge is 0.462 e. The van der Waals surface area contributed by atoms with Gasteiger partial charge < -0.3 is 4.74 Å². The van der Waals surface area contributed by atoms with Gasteiger partial charge in [0.15, 0.2) is 0 Å². The summed E-state index contributed by atoms with van der Waals surface area (Å²) in [4.78, 5) is 11.8. The number of rotatable bonds is 3. The number of hydrogen-bond donors (Lipinski definition) is 0. The predicted octanol–water partition coefficient (Wildman–Crippen LogP) is 4.37. The number of benzene rings is 1. The number of ether oxygens (including phenoxy) is 1. The fraction of sp³-hybridized carbons (Fsp3) is 0.312. The van der Waals surface area contributed by atoms with E-state index in [0.29, 0.717) is 23.1 Å². The topological polar surface area (TPSA) is 26.3 Å². The van der Waals surface area contributed by atoms with Crippen LogP contribution in [0.3, 0.4) is 0 Å². The molecular formula is C16H15F3O2. The maximum absolute atomic E-state index is 13.1. The first kappa shape index (κ1) is 15.4. The van der Waals surface area contributed by atoms with E-state index < -0.39 is 17.7 Å². The molecule has 1 aliphatic carbocycles. The SMILES string of the molecule is CCOC(=O)C1=CCC(c2ccccc2C(F)(F)F)=C1C. The van der Waals surface area contributed by atoms with Crippen molar-refractivity contribution in [3.05, 3.63) is 52.6 Å². The van der Waals surface area contributed by atoms with E-state index in [0.717, 1.165) is 6.07 Å². The van der Waals surface area contributed by atoms with E-state index in [2.05, 4.69) is 0 Å². The van der Waals surface area contributed by atoms with Gasteiger partial charge in [-0.1, -0.05) is 24.3 Å². The Balaban J connectivity index is 2.44. The molecule has 5 heteroatoms. The van der Waals surface area contributed by atoms with E-state index in [-0.39, 0.29) is 12.2 Å². The van der Waals surface area contributed by atoms with Crippen molar-refractivity contribution in [2.45, 2.75) is 26.4 Å². The van der Waals surface area contributed by atoms with E-state index >= 15 is 0 Å². The molecular weight excluding hydrogens is 281 g/mol. The molecule has 0 spiro atoms. The summed E-state index contributed by atoms with van der Waals surface area (Å²) in [7, 11) is 0. The van der Waals surface area contributed by atoms with Crippen LogP contribution in [-0.4, -0.2) is 12.6 Å². The first-order valence-electron chi connectivity index (χ1n) is 6.60. The Hall–Kier alpha value is -2.04. The maximum Gasteiger partial charge on any atom is 0.416 e. The first-order valence-corrected chi connectivity index (χ1v) is 6.60. The van der Waals surface area contributed by atoms with Crippen LogP contribution >= 0.6 is 0 Å². The minimum absolute atomic E-state index is 0.123. The molecule has 0 aliphatic heterocycles. The molecule has 0 unspecified atom stereocenters. The highest BCUT2D eigenvalue weighted by molar-refractivity contribution is 5.99. The number of carbonyl (C=O) groups is 1. The molecule has 0 bridgehead atoms. The Morgan fingerprint density at radius 1 is 1.29 bits per heavy atom. The third kappa shape index (κ3) is 3.01. The highest BCUT2D eigenvalue weighted by atomic mass is 19.4. The van der Waals surface area contributed by atoms with Crippen LogP contribution in [0.25, 0.3) is 5.57 Å². The average molecular weight is 296 g/mol. The summed E-state index contributed by atoms with van der Waals surface area (Å²) in [5.41, 5.74) is 0.857. The Labute approximate surface area is 120 Å². The van der Waals surface area contributed by atoms with Crippen molar-refractivity contribution in [1.82, 2.24) is 0 Å². The lowest BCUT2D eigenvalue weighted by molar-refractivity contribution is -0.138. The van der Waals surface area contributed by atoms with Gasteiger partial charge in [0.1, 0.15) is 0 Å². The van der Waals surface area contributed by atoms with E-state index in [9.17, 15) is 18.0 Å². The molecule has 0 radical (unpaired) electrons. The average Bonchev–Trinajstić information content (AvgIpc) is 2.80. The predicted molar refractivity (Wildman–Crippen MR) is 73.4 cm³/mol. The zero-order chi connectivity index (χ0) is 15.6. The van der Waals surface area contributed by atoms with Crippen LogP contribution < -0.4 is 0 Å². The van der Waals surface area contributed by atoms with Crippen molar-refractivity contribution in [3.63, 3.8) is 0 Å². The van der Waals surface area contributed by atoms with Crippen LogP contribution in [0.4, 0.5) is 13.2 Å². The summed E-state index contributed by atoms with van der Waals surface area (Å²) in [5, 5.41) is 0. The molecule has 0 fully saturated rings. The summed E-state index contributed by atoms with van der Waals surface area (Å²) in [6.45, 7) is 3.57. The van der Waals surface area contributed by atoms with Crippen LogP contribution in [0.5, 0.6) is 0 Å². The molecule has 1 aliphatic rings. The molecule has 2 rings (SSSR count). The fourth-order valence-electron chi connectivity index (χ4n) is 2.42. The van der Waals surface area contributed by atoms with Gasteiger partial charge in [-0.15, -0.1) is 0 Å². The summed E-state index contributed by atoms with van der Waals surface area (Å²) in [6, 6.07) is 5.41. The molecule has 1 aromatic carbocycles. The lowest BCUT2D eigenvalue weighted by Gasteiger charge is -2.14. The van der Waals surface area contributed by atoms with Gasteiger partial charge in [-0.3, -0.25) is 0 Å². The molecule has 2 nitrogen and oxygen atoms in total. The van der Waals surface area contributed by atoms with Crippen molar-refractivity contribution < 1.29 is 22.7 Å². The number of alkyl halides is 3. The van der Waals surface area contributed by atoms with Crippen molar-refractivity contribution in [2.24, 2.45) is 0 Å². The zero-order valence-corrected chi connectivity index (χ0v) is 11.8.